The van der Waals surface area contributed by atoms with Crippen LogP contribution in [0.15, 0.2) is 0 Å². The summed E-state index contributed by atoms with van der Waals surface area (Å²) < 4.78 is 0. The molecule has 0 aliphatic rings. The third-order valence-corrected chi connectivity index (χ3v) is 1.19. The minimum absolute atomic E-state index is 0.391. The highest BCUT2D eigenvalue weighted by molar-refractivity contribution is 5.69. The Morgan fingerprint density at radius 3 is 2.44 bits per heavy atom. The van der Waals surface area contributed by atoms with Crippen LogP contribution in [0.4, 0.5) is 0 Å². The summed E-state index contributed by atoms with van der Waals surface area (Å²) in [6, 6.07) is -1.00. The van der Waals surface area contributed by atoms with Crippen molar-refractivity contribution in [3.63, 3.8) is 0 Å². The highest BCUT2D eigenvalue weighted by Crippen LogP contribution is 1.91. The maximum atomic E-state index is 9.97. The average Bonchev–Trinajstić information content (AvgIpc) is 1.84. The van der Waals surface area contributed by atoms with Gasteiger partial charge in [0, 0.05) is 0 Å². The molecular weight excluding hydrogens is 122 g/mol. The van der Waals surface area contributed by atoms with Crippen LogP contribution < -0.4 is 10.8 Å². The van der Waals surface area contributed by atoms with Gasteiger partial charge in [-0.1, -0.05) is 6.92 Å². The summed E-state index contributed by atoms with van der Waals surface area (Å²) in [4.78, 5) is 9.97. The molecule has 4 N–H and O–H groups in total. The molecule has 0 spiro atoms. The minimum Gasteiger partial charge on any atom is -0.544 e. The van der Waals surface area contributed by atoms with Crippen LogP contribution in [0.2, 0.25) is 0 Å². The van der Waals surface area contributed by atoms with Gasteiger partial charge in [0.1, 0.15) is 12.1 Å². The Kier molecular flexibility index (Phi) is 3.19. The fourth-order valence-corrected chi connectivity index (χ4v) is 0.442. The van der Waals surface area contributed by atoms with Crippen LogP contribution in [0.5, 0.6) is 0 Å². The molecule has 54 valence electrons. The Bertz CT molecular complexity index is 104. The molecule has 0 aliphatic carbocycles. The van der Waals surface area contributed by atoms with Gasteiger partial charge >= 0.3 is 0 Å². The van der Waals surface area contributed by atoms with Crippen molar-refractivity contribution >= 4 is 5.97 Å². The zero-order chi connectivity index (χ0) is 7.44. The molecule has 0 rings (SSSR count). The lowest BCUT2D eigenvalue weighted by Gasteiger charge is -2.13. The number of hydrogen-bond donors (Lipinski definition) is 2. The van der Waals surface area contributed by atoms with Crippen LogP contribution in [-0.2, 0) is 4.79 Å². The average molecular weight is 133 g/mol. The number of carbonyl (C=O) groups is 1. The van der Waals surface area contributed by atoms with E-state index in [9.17, 15) is 9.90 Å². The molecule has 2 atom stereocenters. The number of carboxylic acids is 1. The van der Waals surface area contributed by atoms with E-state index < -0.39 is 18.1 Å². The van der Waals surface area contributed by atoms with Crippen molar-refractivity contribution in [2.75, 3.05) is 0 Å². The lowest BCUT2D eigenvalue weighted by Crippen LogP contribution is -2.73. The molecule has 4 nitrogen and oxygen atoms in total. The molecule has 0 aromatic carbocycles. The lowest BCUT2D eigenvalue weighted by atomic mass is 10.1. The van der Waals surface area contributed by atoms with E-state index in [0.717, 1.165) is 0 Å². The minimum atomic E-state index is -1.30. The molecule has 0 radical (unpaired) electrons. The van der Waals surface area contributed by atoms with E-state index in [0.29, 0.717) is 6.42 Å². The highest BCUT2D eigenvalue weighted by Gasteiger charge is 2.16. The number of hydrogen-bond acceptors (Lipinski definition) is 3. The fourth-order valence-electron chi connectivity index (χ4n) is 0.442. The quantitative estimate of drug-likeness (QED) is 0.433. The molecule has 0 saturated heterocycles. The third-order valence-electron chi connectivity index (χ3n) is 1.19. The van der Waals surface area contributed by atoms with E-state index in [1.54, 1.807) is 6.92 Å². The standard InChI is InChI=1S/C5H11NO3/c1-2-3(7)4(6)5(8)9/h3-4,7H,2,6H2,1H3,(H,8,9)/t3-,4+/m0/s1. The summed E-state index contributed by atoms with van der Waals surface area (Å²) in [5.74, 6) is -1.30. The predicted molar refractivity (Wildman–Crippen MR) is 28.0 cm³/mol. The largest absolute Gasteiger partial charge is 0.544 e. The molecule has 0 fully saturated rings. The van der Waals surface area contributed by atoms with Crippen molar-refractivity contribution in [3.05, 3.63) is 0 Å². The van der Waals surface area contributed by atoms with Crippen LogP contribution in [0.25, 0.3) is 0 Å². The second-order valence-corrected chi connectivity index (χ2v) is 1.90. The molecule has 4 heteroatoms. The number of carboxylic acid groups (broad SMARTS) is 1. The van der Waals surface area contributed by atoms with Gasteiger partial charge in [-0.25, -0.2) is 0 Å². The van der Waals surface area contributed by atoms with Crippen molar-refractivity contribution in [2.45, 2.75) is 25.5 Å². The van der Waals surface area contributed by atoms with Crippen molar-refractivity contribution in [1.82, 2.24) is 0 Å². The van der Waals surface area contributed by atoms with Gasteiger partial charge in [-0.2, -0.15) is 0 Å². The van der Waals surface area contributed by atoms with E-state index in [1.807, 2.05) is 0 Å². The Balaban J connectivity index is 3.72. The Hall–Kier alpha value is -0.610. The smallest absolute Gasteiger partial charge is 0.151 e. The van der Waals surface area contributed by atoms with Gasteiger partial charge in [-0.3, -0.25) is 0 Å². The Morgan fingerprint density at radius 1 is 1.89 bits per heavy atom. The van der Waals surface area contributed by atoms with Gasteiger partial charge in [-0.15, -0.1) is 0 Å². The van der Waals surface area contributed by atoms with Crippen molar-refractivity contribution < 1.29 is 20.7 Å². The van der Waals surface area contributed by atoms with Crippen LogP contribution in [0.3, 0.4) is 0 Å². The molecule has 0 amide bonds. The van der Waals surface area contributed by atoms with Gasteiger partial charge < -0.3 is 20.7 Å². The second-order valence-electron chi connectivity index (χ2n) is 1.90. The zero-order valence-corrected chi connectivity index (χ0v) is 5.33. The first kappa shape index (κ1) is 8.39. The van der Waals surface area contributed by atoms with Gasteiger partial charge in [0.15, 0.2) is 6.04 Å². The molecular formula is C5H11NO3. The number of aliphatic hydroxyl groups excluding tert-OH is 1. The second kappa shape index (κ2) is 3.42. The van der Waals surface area contributed by atoms with Gasteiger partial charge in [0.05, 0.1) is 0 Å². The molecule has 0 unspecified atom stereocenters. The van der Waals surface area contributed by atoms with E-state index in [-0.39, 0.29) is 0 Å². The first-order chi connectivity index (χ1) is 4.09. The first-order valence-corrected chi connectivity index (χ1v) is 2.81. The normalized spacial score (nSPS) is 16.8. The van der Waals surface area contributed by atoms with Crippen LogP contribution in [-0.4, -0.2) is 23.2 Å². The maximum absolute atomic E-state index is 9.97. The maximum Gasteiger partial charge on any atom is 0.151 e. The van der Waals surface area contributed by atoms with E-state index in [4.69, 9.17) is 5.11 Å². The summed E-state index contributed by atoms with van der Waals surface area (Å²) >= 11 is 0. The number of quaternary nitrogens is 1. The fraction of sp³-hybridized carbons (Fsp3) is 0.800. The van der Waals surface area contributed by atoms with Crippen LogP contribution in [0.1, 0.15) is 13.3 Å². The number of aliphatic hydroxyl groups is 1. The zero-order valence-electron chi connectivity index (χ0n) is 5.33. The Labute approximate surface area is 53.3 Å². The van der Waals surface area contributed by atoms with Crippen molar-refractivity contribution in [1.29, 1.82) is 0 Å². The summed E-state index contributed by atoms with van der Waals surface area (Å²) in [7, 11) is 0. The molecule has 0 aromatic rings. The van der Waals surface area contributed by atoms with E-state index >= 15 is 0 Å². The van der Waals surface area contributed by atoms with Gasteiger partial charge in [-0.05, 0) is 6.42 Å². The monoisotopic (exact) mass is 133 g/mol. The predicted octanol–water partition coefficient (Wildman–Crippen LogP) is -2.88. The molecule has 0 heterocycles. The van der Waals surface area contributed by atoms with Crippen molar-refractivity contribution in [2.24, 2.45) is 0 Å². The molecule has 9 heavy (non-hydrogen) atoms. The topological polar surface area (TPSA) is 88.0 Å². The van der Waals surface area contributed by atoms with Gasteiger partial charge in [0.2, 0.25) is 0 Å². The molecule has 0 aromatic heterocycles. The summed E-state index contributed by atoms with van der Waals surface area (Å²) in [5.41, 5.74) is 3.20. The van der Waals surface area contributed by atoms with E-state index in [2.05, 4.69) is 5.73 Å². The highest BCUT2D eigenvalue weighted by atomic mass is 16.4. The summed E-state index contributed by atoms with van der Waals surface area (Å²) in [6.45, 7) is 1.69. The number of aliphatic carboxylic acids is 1. The van der Waals surface area contributed by atoms with Crippen LogP contribution >= 0.6 is 0 Å². The molecule has 0 aliphatic heterocycles. The lowest BCUT2D eigenvalue weighted by molar-refractivity contribution is -0.451. The SMILES string of the molecule is CC[C@H](O)[C@@H]([NH3+])C(=O)[O-]. The summed E-state index contributed by atoms with van der Waals surface area (Å²) in [6.07, 6.45) is -0.489. The third kappa shape index (κ3) is 2.43. The summed E-state index contributed by atoms with van der Waals surface area (Å²) in [5, 5.41) is 18.8. The Morgan fingerprint density at radius 2 is 2.33 bits per heavy atom. The molecule has 0 saturated carbocycles. The van der Waals surface area contributed by atoms with E-state index in [1.165, 1.54) is 0 Å². The van der Waals surface area contributed by atoms with Crippen LogP contribution in [0, 0.1) is 0 Å². The van der Waals surface area contributed by atoms with Gasteiger partial charge in [0.25, 0.3) is 0 Å². The first-order valence-electron chi connectivity index (χ1n) is 2.81. The number of carbonyl (C=O) groups excluding carboxylic acids is 1. The molecule has 0 bridgehead atoms. The van der Waals surface area contributed by atoms with Crippen molar-refractivity contribution in [3.8, 4) is 0 Å². The number of rotatable bonds is 3.